The fourth-order valence-electron chi connectivity index (χ4n) is 3.23. The Labute approximate surface area is 224 Å². The zero-order valence-corrected chi connectivity index (χ0v) is 22.3. The van der Waals surface area contributed by atoms with Crippen LogP contribution in [-0.2, 0) is 6.54 Å². The van der Waals surface area contributed by atoms with Crippen molar-refractivity contribution in [1.29, 1.82) is 0 Å². The summed E-state index contributed by atoms with van der Waals surface area (Å²) in [5.41, 5.74) is 14.7. The summed E-state index contributed by atoms with van der Waals surface area (Å²) in [4.78, 5) is 7.78. The summed E-state index contributed by atoms with van der Waals surface area (Å²) in [6.07, 6.45) is 1.13. The number of hydrogen-bond donors (Lipinski definition) is 1. The molecular formula is C24H33KN4O. The van der Waals surface area contributed by atoms with Crippen molar-refractivity contribution in [2.75, 3.05) is 25.5 Å². The largest absolute Gasteiger partial charge is 1.00 e. The SMILES string of the molecule is CCCN(C)c1ccc(O[N-]Cc2ccc(-n3c(C)ccc3C)cc2)cc1.CN.[K+]. The van der Waals surface area contributed by atoms with Gasteiger partial charge in [0.1, 0.15) is 5.75 Å². The summed E-state index contributed by atoms with van der Waals surface area (Å²) in [5, 5.41) is 0. The Morgan fingerprint density at radius 1 is 0.900 bits per heavy atom. The van der Waals surface area contributed by atoms with E-state index in [2.05, 4.69) is 97.0 Å². The maximum absolute atomic E-state index is 5.55. The summed E-state index contributed by atoms with van der Waals surface area (Å²) >= 11 is 0. The van der Waals surface area contributed by atoms with Crippen LogP contribution in [0.1, 0.15) is 30.3 Å². The third-order valence-electron chi connectivity index (χ3n) is 4.72. The summed E-state index contributed by atoms with van der Waals surface area (Å²) in [6.45, 7) is 8.00. The molecule has 1 heterocycles. The third kappa shape index (κ3) is 7.53. The number of anilines is 1. The molecule has 156 valence electrons. The van der Waals surface area contributed by atoms with Gasteiger partial charge in [-0.3, -0.25) is 0 Å². The van der Waals surface area contributed by atoms with Gasteiger partial charge in [-0.2, -0.15) is 0 Å². The molecule has 30 heavy (non-hydrogen) atoms. The first-order valence-electron chi connectivity index (χ1n) is 10.1. The van der Waals surface area contributed by atoms with Crippen LogP contribution in [0.15, 0.2) is 60.7 Å². The maximum atomic E-state index is 5.55. The molecule has 2 aromatic carbocycles. The van der Waals surface area contributed by atoms with Crippen LogP contribution in [0.25, 0.3) is 11.2 Å². The number of benzene rings is 2. The molecule has 0 saturated carbocycles. The Kier molecular flexibility index (Phi) is 12.6. The minimum atomic E-state index is 0. The van der Waals surface area contributed by atoms with Gasteiger partial charge in [0.25, 0.3) is 0 Å². The first-order valence-corrected chi connectivity index (χ1v) is 10.1. The van der Waals surface area contributed by atoms with Gasteiger partial charge in [0.05, 0.1) is 0 Å². The van der Waals surface area contributed by atoms with E-state index in [1.165, 1.54) is 29.8 Å². The second kappa shape index (κ2) is 14.0. The van der Waals surface area contributed by atoms with Gasteiger partial charge in [0.2, 0.25) is 0 Å². The van der Waals surface area contributed by atoms with Crippen molar-refractivity contribution in [2.45, 2.75) is 33.7 Å². The smallest absolute Gasteiger partial charge is 0.587 e. The van der Waals surface area contributed by atoms with Gasteiger partial charge in [-0.1, -0.05) is 31.2 Å². The predicted octanol–water partition coefficient (Wildman–Crippen LogP) is 2.39. The Morgan fingerprint density at radius 3 is 2.00 bits per heavy atom. The Balaban J connectivity index is 0.00000146. The van der Waals surface area contributed by atoms with Crippen molar-refractivity contribution in [3.8, 4) is 11.4 Å². The molecule has 0 saturated heterocycles. The van der Waals surface area contributed by atoms with Crippen molar-refractivity contribution < 1.29 is 56.2 Å². The molecule has 5 nitrogen and oxygen atoms in total. The fraction of sp³-hybridized carbons (Fsp3) is 0.333. The molecule has 0 fully saturated rings. The van der Waals surface area contributed by atoms with E-state index in [0.717, 1.165) is 24.3 Å². The van der Waals surface area contributed by atoms with Crippen LogP contribution >= 0.6 is 0 Å². The first kappa shape index (κ1) is 26.9. The Morgan fingerprint density at radius 2 is 1.47 bits per heavy atom. The number of rotatable bonds is 8. The minimum Gasteiger partial charge on any atom is -0.587 e. The zero-order chi connectivity index (χ0) is 21.2. The first-order chi connectivity index (χ1) is 14.1. The molecule has 0 unspecified atom stereocenters. The van der Waals surface area contributed by atoms with Gasteiger partial charge in [0.15, 0.2) is 0 Å². The van der Waals surface area contributed by atoms with E-state index in [1.807, 2.05) is 12.1 Å². The standard InChI is InChI=1S/C23H28N3O.CH5N.K/c1-5-16-25(4)21-12-14-23(15-13-21)27-24-17-20-8-10-22(11-9-20)26-18(2)6-7-19(26)3;1-2;/h6-15H,5,16-17H2,1-4H3;2H2,1H3;/q-1;;+1. The van der Waals surface area contributed by atoms with Gasteiger partial charge in [0, 0.05) is 36.4 Å². The Hall–Kier alpha value is -1.12. The minimum absolute atomic E-state index is 0. The molecule has 3 rings (SSSR count). The number of hydroxylamine groups is 1. The van der Waals surface area contributed by atoms with Gasteiger partial charge in [-0.25, -0.2) is 0 Å². The van der Waals surface area contributed by atoms with E-state index in [-0.39, 0.29) is 51.4 Å². The molecule has 2 N–H and O–H groups in total. The van der Waals surface area contributed by atoms with E-state index in [0.29, 0.717) is 6.54 Å². The molecule has 0 aliphatic heterocycles. The third-order valence-corrected chi connectivity index (χ3v) is 4.72. The van der Waals surface area contributed by atoms with E-state index in [1.54, 1.807) is 0 Å². The van der Waals surface area contributed by atoms with Crippen molar-refractivity contribution in [2.24, 2.45) is 5.73 Å². The van der Waals surface area contributed by atoms with Crippen LogP contribution in [0.4, 0.5) is 5.69 Å². The molecule has 0 aliphatic rings. The zero-order valence-electron chi connectivity index (χ0n) is 19.2. The topological polar surface area (TPSA) is 57.5 Å². The molecule has 3 aromatic rings. The summed E-state index contributed by atoms with van der Waals surface area (Å²) in [7, 11) is 3.60. The Bertz CT molecular complexity index is 840. The number of aryl methyl sites for hydroxylation is 2. The van der Waals surface area contributed by atoms with E-state index >= 15 is 0 Å². The molecule has 0 bridgehead atoms. The second-order valence-electron chi connectivity index (χ2n) is 6.91. The van der Waals surface area contributed by atoms with Gasteiger partial charge in [-0.15, -0.1) is 0 Å². The maximum Gasteiger partial charge on any atom is 1.00 e. The van der Waals surface area contributed by atoms with Crippen molar-refractivity contribution in [1.82, 2.24) is 4.57 Å². The van der Waals surface area contributed by atoms with Gasteiger partial charge >= 0.3 is 51.4 Å². The van der Waals surface area contributed by atoms with Crippen molar-refractivity contribution in [3.63, 3.8) is 0 Å². The molecule has 6 heteroatoms. The van der Waals surface area contributed by atoms with Crippen LogP contribution in [0.5, 0.6) is 5.75 Å². The molecule has 0 spiro atoms. The van der Waals surface area contributed by atoms with E-state index < -0.39 is 0 Å². The van der Waals surface area contributed by atoms with Crippen LogP contribution in [0.2, 0.25) is 0 Å². The predicted molar refractivity (Wildman–Crippen MR) is 123 cm³/mol. The number of nitrogens with two attached hydrogens (primary N) is 1. The second-order valence-corrected chi connectivity index (χ2v) is 6.91. The molecule has 0 amide bonds. The monoisotopic (exact) mass is 432 g/mol. The number of hydrogen-bond acceptors (Lipinski definition) is 3. The normalized spacial score (nSPS) is 9.93. The van der Waals surface area contributed by atoms with Crippen molar-refractivity contribution >= 4 is 5.69 Å². The van der Waals surface area contributed by atoms with E-state index in [9.17, 15) is 0 Å². The number of aromatic nitrogens is 1. The fourth-order valence-corrected chi connectivity index (χ4v) is 3.23. The average Bonchev–Trinajstić information content (AvgIpc) is 3.09. The van der Waals surface area contributed by atoms with Crippen LogP contribution in [0.3, 0.4) is 0 Å². The van der Waals surface area contributed by atoms with Gasteiger partial charge < -0.3 is 25.5 Å². The molecule has 0 radical (unpaired) electrons. The molecule has 1 aromatic heterocycles. The van der Waals surface area contributed by atoms with Crippen molar-refractivity contribution in [3.05, 3.63) is 83.1 Å². The van der Waals surface area contributed by atoms with Crippen LogP contribution < -0.4 is 66.9 Å². The summed E-state index contributed by atoms with van der Waals surface area (Å²) < 4.78 is 2.24. The summed E-state index contributed by atoms with van der Waals surface area (Å²) in [5.74, 6) is 0.763. The molecule has 0 aliphatic carbocycles. The van der Waals surface area contributed by atoms with Crippen LogP contribution in [-0.4, -0.2) is 25.2 Å². The summed E-state index contributed by atoms with van der Waals surface area (Å²) in [6, 6.07) is 20.8. The average molecular weight is 433 g/mol. The quantitative estimate of drug-likeness (QED) is 0.439. The van der Waals surface area contributed by atoms with E-state index in [4.69, 9.17) is 4.84 Å². The van der Waals surface area contributed by atoms with Crippen LogP contribution in [0, 0.1) is 13.8 Å². The van der Waals surface area contributed by atoms with Gasteiger partial charge in [-0.05, 0) is 75.8 Å². The number of nitrogens with zero attached hydrogens (tertiary/aromatic N) is 3. The molecular weight excluding hydrogens is 399 g/mol. The molecule has 0 atom stereocenters.